The van der Waals surface area contributed by atoms with Crippen molar-refractivity contribution >= 4 is 35.1 Å². The molecule has 0 heterocycles. The first-order valence-electron chi connectivity index (χ1n) is 6.98. The summed E-state index contributed by atoms with van der Waals surface area (Å²) in [6.07, 6.45) is 3.71. The Hall–Kier alpha value is -0.910. The van der Waals surface area contributed by atoms with E-state index in [1.54, 1.807) is 30.9 Å². The third kappa shape index (κ3) is 4.80. The van der Waals surface area contributed by atoms with E-state index in [2.05, 4.69) is 5.32 Å². The van der Waals surface area contributed by atoms with E-state index in [0.29, 0.717) is 17.5 Å². The lowest BCUT2D eigenvalue weighted by Gasteiger charge is -2.21. The Balaban J connectivity index is 1.93. The number of aliphatic hydroxyl groups is 1. The normalized spacial score (nSPS) is 15.6. The third-order valence-corrected chi connectivity index (χ3v) is 4.54. The number of carbonyl (C=O) groups excluding carboxylic acids is 1. The van der Waals surface area contributed by atoms with E-state index in [-0.39, 0.29) is 6.03 Å². The molecule has 0 saturated heterocycles. The Morgan fingerprint density at radius 3 is 2.90 bits per heavy atom. The Morgan fingerprint density at radius 2 is 2.29 bits per heavy atom. The summed E-state index contributed by atoms with van der Waals surface area (Å²) in [5.41, 5.74) is 1.73. The van der Waals surface area contributed by atoms with Gasteiger partial charge in [0.15, 0.2) is 0 Å². The predicted octanol–water partition coefficient (Wildman–Crippen LogP) is 3.44. The number of hydrogen-bond acceptors (Lipinski definition) is 3. The fourth-order valence-corrected chi connectivity index (χ4v) is 2.94. The fourth-order valence-electron chi connectivity index (χ4n) is 2.13. The molecule has 1 aromatic rings. The number of benzene rings is 1. The molecule has 116 valence electrons. The summed E-state index contributed by atoms with van der Waals surface area (Å²) in [4.78, 5) is 13.6. The molecule has 0 aromatic heterocycles. The highest BCUT2D eigenvalue weighted by molar-refractivity contribution is 7.97. The van der Waals surface area contributed by atoms with Crippen LogP contribution in [0, 0.1) is 5.92 Å². The van der Waals surface area contributed by atoms with Crippen molar-refractivity contribution in [1.82, 2.24) is 4.90 Å². The summed E-state index contributed by atoms with van der Waals surface area (Å²) in [6.45, 7) is 0.363. The van der Waals surface area contributed by atoms with Crippen molar-refractivity contribution in [2.75, 3.05) is 25.2 Å². The Morgan fingerprint density at radius 1 is 1.57 bits per heavy atom. The molecule has 0 aliphatic heterocycles. The van der Waals surface area contributed by atoms with Gasteiger partial charge >= 0.3 is 6.03 Å². The number of anilines is 1. The highest BCUT2D eigenvalue weighted by Crippen LogP contribution is 2.32. The van der Waals surface area contributed by atoms with Crippen molar-refractivity contribution in [3.05, 3.63) is 28.8 Å². The summed E-state index contributed by atoms with van der Waals surface area (Å²) >= 11 is 7.80. The smallest absolute Gasteiger partial charge is 0.321 e. The predicted molar refractivity (Wildman–Crippen MR) is 89.1 cm³/mol. The van der Waals surface area contributed by atoms with Crippen molar-refractivity contribution in [1.29, 1.82) is 0 Å². The van der Waals surface area contributed by atoms with Crippen molar-refractivity contribution in [2.24, 2.45) is 5.92 Å². The van der Waals surface area contributed by atoms with Crippen LogP contribution in [0.25, 0.3) is 0 Å². The summed E-state index contributed by atoms with van der Waals surface area (Å²) in [5, 5.41) is 13.4. The monoisotopic (exact) mass is 328 g/mol. The molecular formula is C15H21ClN2O2S. The van der Waals surface area contributed by atoms with Gasteiger partial charge in [0.1, 0.15) is 0 Å². The largest absolute Gasteiger partial charge is 0.391 e. The zero-order chi connectivity index (χ0) is 15.4. The first-order chi connectivity index (χ1) is 10.0. The van der Waals surface area contributed by atoms with Crippen LogP contribution in [0.4, 0.5) is 10.5 Å². The van der Waals surface area contributed by atoms with Crippen LogP contribution in [0.15, 0.2) is 18.2 Å². The summed E-state index contributed by atoms with van der Waals surface area (Å²) in [5.74, 6) is 1.17. The maximum atomic E-state index is 12.1. The van der Waals surface area contributed by atoms with Crippen LogP contribution in [0.3, 0.4) is 0 Å². The second-order valence-electron chi connectivity index (χ2n) is 5.45. The second kappa shape index (κ2) is 7.38. The highest BCUT2D eigenvalue weighted by Gasteiger charge is 2.31. The number of halogens is 1. The van der Waals surface area contributed by atoms with Crippen molar-refractivity contribution in [2.45, 2.75) is 24.7 Å². The van der Waals surface area contributed by atoms with Crippen LogP contribution in [-0.2, 0) is 5.75 Å². The lowest BCUT2D eigenvalue weighted by atomic mass is 10.2. The van der Waals surface area contributed by atoms with E-state index in [4.69, 9.17) is 11.6 Å². The number of aliphatic hydroxyl groups excluding tert-OH is 1. The summed E-state index contributed by atoms with van der Waals surface area (Å²) in [6, 6.07) is 5.26. The van der Waals surface area contributed by atoms with Gasteiger partial charge in [-0.3, -0.25) is 0 Å². The molecule has 1 fully saturated rings. The number of rotatable bonds is 6. The molecule has 1 aliphatic rings. The minimum Gasteiger partial charge on any atom is -0.391 e. The molecule has 1 aromatic carbocycles. The van der Waals surface area contributed by atoms with E-state index in [9.17, 15) is 9.90 Å². The number of amides is 2. The lowest BCUT2D eigenvalue weighted by Crippen LogP contribution is -2.38. The van der Waals surface area contributed by atoms with E-state index in [0.717, 1.165) is 29.8 Å². The average molecular weight is 329 g/mol. The number of carbonyl (C=O) groups is 1. The molecular weight excluding hydrogens is 308 g/mol. The van der Waals surface area contributed by atoms with Gasteiger partial charge < -0.3 is 15.3 Å². The number of hydrogen-bond donors (Lipinski definition) is 2. The Kier molecular flexibility index (Phi) is 5.79. The van der Waals surface area contributed by atoms with E-state index < -0.39 is 6.10 Å². The number of urea groups is 1. The zero-order valence-corrected chi connectivity index (χ0v) is 13.9. The van der Waals surface area contributed by atoms with E-state index in [1.165, 1.54) is 4.90 Å². The van der Waals surface area contributed by atoms with Crippen LogP contribution >= 0.6 is 23.4 Å². The number of nitrogens with one attached hydrogen (secondary N) is 1. The van der Waals surface area contributed by atoms with Crippen molar-refractivity contribution in [3.8, 4) is 0 Å². The van der Waals surface area contributed by atoms with Gasteiger partial charge in [0.05, 0.1) is 6.10 Å². The molecule has 0 radical (unpaired) electrons. The lowest BCUT2D eigenvalue weighted by molar-refractivity contribution is 0.117. The van der Waals surface area contributed by atoms with Gasteiger partial charge in [0.25, 0.3) is 0 Å². The molecule has 4 nitrogen and oxygen atoms in total. The number of likely N-dealkylation sites (N-methyl/N-ethyl adjacent to an activating group) is 1. The van der Waals surface area contributed by atoms with Crippen LogP contribution in [0.5, 0.6) is 0 Å². The van der Waals surface area contributed by atoms with Crippen LogP contribution < -0.4 is 5.32 Å². The first-order valence-corrected chi connectivity index (χ1v) is 8.76. The Labute approximate surface area is 134 Å². The number of thioether (sulfide) groups is 1. The number of nitrogens with zero attached hydrogens (tertiary/aromatic N) is 1. The van der Waals surface area contributed by atoms with Crippen LogP contribution in [0.1, 0.15) is 18.4 Å². The van der Waals surface area contributed by atoms with Gasteiger partial charge in [-0.05, 0) is 48.8 Å². The van der Waals surface area contributed by atoms with Gasteiger partial charge in [0, 0.05) is 30.1 Å². The molecule has 2 amide bonds. The molecule has 2 rings (SSSR count). The maximum absolute atomic E-state index is 12.1. The zero-order valence-electron chi connectivity index (χ0n) is 12.3. The van der Waals surface area contributed by atoms with Crippen LogP contribution in [0.2, 0.25) is 5.02 Å². The van der Waals surface area contributed by atoms with E-state index in [1.807, 2.05) is 12.3 Å². The molecule has 1 saturated carbocycles. The quantitative estimate of drug-likeness (QED) is 0.841. The average Bonchev–Trinajstić information content (AvgIpc) is 3.27. The minimum atomic E-state index is -0.418. The highest BCUT2D eigenvalue weighted by atomic mass is 35.5. The molecule has 21 heavy (non-hydrogen) atoms. The maximum Gasteiger partial charge on any atom is 0.321 e. The van der Waals surface area contributed by atoms with Gasteiger partial charge in [-0.1, -0.05) is 11.6 Å². The SMILES string of the molecule is CSCc1cc(NC(=O)N(C)C[C@@H](O)C2CC2)ccc1Cl. The van der Waals surface area contributed by atoms with Gasteiger partial charge in [-0.25, -0.2) is 4.79 Å². The topological polar surface area (TPSA) is 52.6 Å². The molecule has 0 unspecified atom stereocenters. The molecule has 1 atom stereocenters. The summed E-state index contributed by atoms with van der Waals surface area (Å²) in [7, 11) is 1.69. The van der Waals surface area contributed by atoms with Gasteiger partial charge in [0.2, 0.25) is 0 Å². The molecule has 2 N–H and O–H groups in total. The summed E-state index contributed by atoms with van der Waals surface area (Å²) < 4.78 is 0. The van der Waals surface area contributed by atoms with Crippen molar-refractivity contribution in [3.63, 3.8) is 0 Å². The second-order valence-corrected chi connectivity index (χ2v) is 6.73. The molecule has 1 aliphatic carbocycles. The fraction of sp³-hybridized carbons (Fsp3) is 0.533. The van der Waals surface area contributed by atoms with Gasteiger partial charge in [-0.15, -0.1) is 0 Å². The molecule has 6 heteroatoms. The molecule has 0 spiro atoms. The minimum absolute atomic E-state index is 0.216. The first kappa shape index (κ1) is 16.5. The van der Waals surface area contributed by atoms with Gasteiger partial charge in [-0.2, -0.15) is 11.8 Å². The van der Waals surface area contributed by atoms with Crippen molar-refractivity contribution < 1.29 is 9.90 Å². The Bertz CT molecular complexity index is 508. The molecule has 0 bridgehead atoms. The third-order valence-electron chi connectivity index (χ3n) is 3.57. The standard InChI is InChI=1S/C15H21ClN2O2S/c1-18(8-14(19)10-3-4-10)15(20)17-12-5-6-13(16)11(7-12)9-21-2/h5-7,10,14,19H,3-4,8-9H2,1-2H3,(H,17,20)/t14-/m1/s1. The van der Waals surface area contributed by atoms with Crippen LogP contribution in [-0.4, -0.2) is 42.0 Å². The van der Waals surface area contributed by atoms with E-state index >= 15 is 0 Å².